The third kappa shape index (κ3) is 6.51. The number of thiazole rings is 1. The predicted octanol–water partition coefficient (Wildman–Crippen LogP) is 3.97. The van der Waals surface area contributed by atoms with Crippen molar-refractivity contribution in [3.8, 4) is 0 Å². The Morgan fingerprint density at radius 2 is 1.76 bits per heavy atom. The minimum atomic E-state index is -0.0271. The highest BCUT2D eigenvalue weighted by atomic mass is 32.1. The average molecular weight is 409 g/mol. The van der Waals surface area contributed by atoms with Gasteiger partial charge in [-0.2, -0.15) is 0 Å². The van der Waals surface area contributed by atoms with Crippen LogP contribution >= 0.6 is 11.3 Å². The number of amides is 1. The molecule has 152 valence electrons. The number of carbonyl (C=O) groups is 1. The fourth-order valence-electron chi connectivity index (χ4n) is 3.23. The topological polar surface area (TPSA) is 46.4 Å². The van der Waals surface area contributed by atoms with Crippen molar-refractivity contribution in [2.24, 2.45) is 0 Å². The van der Waals surface area contributed by atoms with E-state index in [0.717, 1.165) is 29.5 Å². The first-order chi connectivity index (χ1) is 13.9. The van der Waals surface area contributed by atoms with Crippen molar-refractivity contribution >= 4 is 22.9 Å². The highest BCUT2D eigenvalue weighted by molar-refractivity contribution is 7.09. The summed E-state index contributed by atoms with van der Waals surface area (Å²) in [4.78, 5) is 18.3. The molecule has 0 radical (unpaired) electrons. The molecule has 1 aromatic heterocycles. The summed E-state index contributed by atoms with van der Waals surface area (Å²) in [7, 11) is 2.18. The Hall–Kier alpha value is -2.50. The summed E-state index contributed by atoms with van der Waals surface area (Å²) in [5, 5.41) is 5.86. The SMILES string of the molecule is Cc1ccc(NC(=O)Cc2nc(C[NH+](C)Cc3ccc(C(C)C)cc3)cs2)cc1. The summed E-state index contributed by atoms with van der Waals surface area (Å²) in [5.74, 6) is 0.534. The number of aromatic nitrogens is 1. The van der Waals surface area contributed by atoms with E-state index in [1.54, 1.807) is 11.3 Å². The molecule has 0 saturated carbocycles. The number of nitrogens with zero attached hydrogens (tertiary/aromatic N) is 1. The summed E-state index contributed by atoms with van der Waals surface area (Å²) >= 11 is 1.56. The van der Waals surface area contributed by atoms with Crippen molar-refractivity contribution in [2.45, 2.75) is 46.2 Å². The Labute approximate surface area is 177 Å². The van der Waals surface area contributed by atoms with E-state index >= 15 is 0 Å². The van der Waals surface area contributed by atoms with E-state index in [0.29, 0.717) is 12.3 Å². The number of hydrogen-bond donors (Lipinski definition) is 2. The number of benzene rings is 2. The van der Waals surface area contributed by atoms with Crippen LogP contribution in [0.25, 0.3) is 0 Å². The van der Waals surface area contributed by atoms with Gasteiger partial charge in [-0.3, -0.25) is 4.79 Å². The maximum atomic E-state index is 12.3. The van der Waals surface area contributed by atoms with Crippen molar-refractivity contribution in [3.63, 3.8) is 0 Å². The van der Waals surface area contributed by atoms with Crippen LogP contribution < -0.4 is 10.2 Å². The van der Waals surface area contributed by atoms with E-state index in [9.17, 15) is 4.79 Å². The van der Waals surface area contributed by atoms with E-state index in [4.69, 9.17) is 0 Å². The fourth-order valence-corrected chi connectivity index (χ4v) is 4.02. The van der Waals surface area contributed by atoms with Gasteiger partial charge in [-0.15, -0.1) is 11.3 Å². The van der Waals surface area contributed by atoms with Gasteiger partial charge in [-0.05, 0) is 30.5 Å². The standard InChI is InChI=1S/C24H29N3OS/c1-17(2)20-9-7-19(8-10-20)14-27(4)15-22-16-29-24(26-22)13-23(28)25-21-11-5-18(3)6-12-21/h5-12,16-17H,13-15H2,1-4H3,(H,25,28)/p+1. The van der Waals surface area contributed by atoms with Crippen LogP contribution in [-0.4, -0.2) is 17.9 Å². The number of rotatable bonds is 8. The first kappa shape index (κ1) is 21.2. The lowest BCUT2D eigenvalue weighted by atomic mass is 10.0. The van der Waals surface area contributed by atoms with Crippen molar-refractivity contribution in [1.29, 1.82) is 0 Å². The molecule has 0 fully saturated rings. The molecule has 29 heavy (non-hydrogen) atoms. The van der Waals surface area contributed by atoms with Crippen molar-refractivity contribution in [3.05, 3.63) is 81.3 Å². The second-order valence-electron chi connectivity index (χ2n) is 8.03. The number of nitrogens with one attached hydrogen (secondary N) is 2. The van der Waals surface area contributed by atoms with E-state index in [-0.39, 0.29) is 5.91 Å². The molecule has 3 rings (SSSR count). The summed E-state index contributed by atoms with van der Waals surface area (Å²) < 4.78 is 0. The molecule has 1 atom stereocenters. The second kappa shape index (κ2) is 9.81. The van der Waals surface area contributed by atoms with Gasteiger partial charge >= 0.3 is 0 Å². The zero-order valence-electron chi connectivity index (χ0n) is 17.7. The molecule has 0 spiro atoms. The quantitative estimate of drug-likeness (QED) is 0.592. The molecule has 3 aromatic rings. The minimum absolute atomic E-state index is 0.0271. The van der Waals surface area contributed by atoms with Crippen LogP contribution in [0.15, 0.2) is 53.9 Å². The van der Waals surface area contributed by atoms with Crippen LogP contribution in [0.2, 0.25) is 0 Å². The second-order valence-corrected chi connectivity index (χ2v) is 8.97. The molecule has 0 aliphatic rings. The van der Waals surface area contributed by atoms with E-state index in [1.807, 2.05) is 31.2 Å². The van der Waals surface area contributed by atoms with E-state index in [2.05, 4.69) is 60.8 Å². The summed E-state index contributed by atoms with van der Waals surface area (Å²) in [6.07, 6.45) is 0.314. The normalized spacial score (nSPS) is 12.2. The first-order valence-corrected chi connectivity index (χ1v) is 11.0. The number of aryl methyl sites for hydroxylation is 1. The van der Waals surface area contributed by atoms with Crippen LogP contribution in [0.1, 0.15) is 47.2 Å². The molecule has 2 N–H and O–H groups in total. The zero-order chi connectivity index (χ0) is 20.8. The summed E-state index contributed by atoms with van der Waals surface area (Å²) in [6, 6.07) is 16.7. The third-order valence-electron chi connectivity index (χ3n) is 4.88. The molecular formula is C24H30N3OS+. The summed E-state index contributed by atoms with van der Waals surface area (Å²) in [5.41, 5.74) is 5.75. The highest BCUT2D eigenvalue weighted by Crippen LogP contribution is 2.15. The van der Waals surface area contributed by atoms with Gasteiger partial charge < -0.3 is 10.2 Å². The molecule has 0 aliphatic carbocycles. The zero-order valence-corrected chi connectivity index (χ0v) is 18.5. The van der Waals surface area contributed by atoms with E-state index < -0.39 is 0 Å². The molecule has 5 heteroatoms. The van der Waals surface area contributed by atoms with Gasteiger partial charge in [-0.25, -0.2) is 4.98 Å². The molecule has 2 aromatic carbocycles. The monoisotopic (exact) mass is 408 g/mol. The lowest BCUT2D eigenvalue weighted by molar-refractivity contribution is -0.908. The smallest absolute Gasteiger partial charge is 0.231 e. The van der Waals surface area contributed by atoms with Gasteiger partial charge in [-0.1, -0.05) is 55.8 Å². The number of quaternary nitrogens is 1. The Kier molecular flexibility index (Phi) is 7.18. The third-order valence-corrected chi connectivity index (χ3v) is 5.78. The van der Waals surface area contributed by atoms with Crippen LogP contribution in [0, 0.1) is 6.92 Å². The molecule has 0 saturated heterocycles. The Morgan fingerprint density at radius 3 is 2.41 bits per heavy atom. The van der Waals surface area contributed by atoms with Gasteiger partial charge in [0.25, 0.3) is 0 Å². The minimum Gasteiger partial charge on any atom is -0.329 e. The molecule has 1 unspecified atom stereocenters. The molecule has 1 heterocycles. The molecule has 4 nitrogen and oxygen atoms in total. The Bertz CT molecular complexity index is 930. The van der Waals surface area contributed by atoms with Crippen LogP contribution in [0.3, 0.4) is 0 Å². The number of carbonyl (C=O) groups excluding carboxylic acids is 1. The number of hydrogen-bond acceptors (Lipinski definition) is 3. The Balaban J connectivity index is 1.50. The van der Waals surface area contributed by atoms with Gasteiger partial charge in [0.2, 0.25) is 5.91 Å². The van der Waals surface area contributed by atoms with Gasteiger partial charge in [0.05, 0.1) is 13.5 Å². The molecule has 0 bridgehead atoms. The van der Waals surface area contributed by atoms with Crippen LogP contribution in [0.5, 0.6) is 0 Å². The molecule has 1 amide bonds. The first-order valence-electron chi connectivity index (χ1n) is 10.1. The maximum Gasteiger partial charge on any atom is 0.231 e. The van der Waals surface area contributed by atoms with E-state index in [1.165, 1.54) is 21.6 Å². The fraction of sp³-hybridized carbons (Fsp3) is 0.333. The van der Waals surface area contributed by atoms with Crippen LogP contribution in [0.4, 0.5) is 5.69 Å². The maximum absolute atomic E-state index is 12.3. The van der Waals surface area contributed by atoms with Gasteiger partial charge in [0.1, 0.15) is 23.8 Å². The lowest BCUT2D eigenvalue weighted by Gasteiger charge is -2.13. The summed E-state index contributed by atoms with van der Waals surface area (Å²) in [6.45, 7) is 8.27. The van der Waals surface area contributed by atoms with Crippen molar-refractivity contribution in [1.82, 2.24) is 4.98 Å². The highest BCUT2D eigenvalue weighted by Gasteiger charge is 2.12. The Morgan fingerprint density at radius 1 is 1.07 bits per heavy atom. The molecule has 0 aliphatic heterocycles. The van der Waals surface area contributed by atoms with Gasteiger partial charge in [0, 0.05) is 16.6 Å². The van der Waals surface area contributed by atoms with Gasteiger partial charge in [0.15, 0.2) is 0 Å². The average Bonchev–Trinajstić information content (AvgIpc) is 3.10. The largest absolute Gasteiger partial charge is 0.329 e. The number of anilines is 1. The van der Waals surface area contributed by atoms with Crippen LogP contribution in [-0.2, 0) is 24.3 Å². The molecular weight excluding hydrogens is 378 g/mol. The predicted molar refractivity (Wildman–Crippen MR) is 120 cm³/mol. The lowest BCUT2D eigenvalue weighted by Crippen LogP contribution is -3.06. The van der Waals surface area contributed by atoms with Crippen molar-refractivity contribution < 1.29 is 9.69 Å². The van der Waals surface area contributed by atoms with Crippen molar-refractivity contribution in [2.75, 3.05) is 12.4 Å².